The van der Waals surface area contributed by atoms with E-state index in [0.29, 0.717) is 31.5 Å². The number of benzene rings is 3. The number of halogens is 2. The third-order valence-corrected chi connectivity index (χ3v) is 6.05. The van der Waals surface area contributed by atoms with Crippen LogP contribution in [-0.4, -0.2) is 42.1 Å². The topological polar surface area (TPSA) is 66.5 Å². The van der Waals surface area contributed by atoms with Crippen molar-refractivity contribution in [2.45, 2.75) is 19.3 Å². The van der Waals surface area contributed by atoms with E-state index in [1.165, 1.54) is 0 Å². The Morgan fingerprint density at radius 3 is 2.39 bits per heavy atom. The Hall–Kier alpha value is -3.61. The third-order valence-electron chi connectivity index (χ3n) is 6.05. The van der Waals surface area contributed by atoms with Crippen LogP contribution in [0.25, 0.3) is 10.8 Å². The monoisotopic (exact) mass is 450 g/mol. The van der Waals surface area contributed by atoms with Crippen LogP contribution in [0.15, 0.2) is 60.7 Å². The van der Waals surface area contributed by atoms with Gasteiger partial charge in [-0.2, -0.15) is 0 Å². The average Bonchev–Trinajstić information content (AvgIpc) is 2.84. The second kappa shape index (κ2) is 9.90. The second-order valence-electron chi connectivity index (χ2n) is 8.21. The molecule has 170 valence electrons. The Labute approximate surface area is 190 Å². The lowest BCUT2D eigenvalue weighted by molar-refractivity contribution is -0.132. The number of amides is 2. The molecule has 0 unspecified atom stereocenters. The van der Waals surface area contributed by atoms with E-state index in [4.69, 9.17) is 0 Å². The number of hydrogen-bond donors (Lipinski definition) is 1. The Bertz CT molecular complexity index is 1200. The van der Waals surface area contributed by atoms with Gasteiger partial charge < -0.3 is 10.2 Å². The van der Waals surface area contributed by atoms with Gasteiger partial charge in [0.15, 0.2) is 5.78 Å². The van der Waals surface area contributed by atoms with E-state index in [2.05, 4.69) is 5.32 Å². The van der Waals surface area contributed by atoms with Crippen molar-refractivity contribution >= 4 is 28.4 Å². The zero-order valence-electron chi connectivity index (χ0n) is 18.0. The summed E-state index contributed by atoms with van der Waals surface area (Å²) in [6, 6.07) is 16.1. The number of hydrogen-bond acceptors (Lipinski definition) is 3. The van der Waals surface area contributed by atoms with Crippen LogP contribution in [0.2, 0.25) is 0 Å². The first-order valence-electron chi connectivity index (χ1n) is 11.0. The van der Waals surface area contributed by atoms with Crippen LogP contribution in [-0.2, 0) is 4.79 Å². The lowest BCUT2D eigenvalue weighted by Gasteiger charge is -2.31. The Balaban J connectivity index is 1.25. The Kier molecular flexibility index (Phi) is 6.77. The summed E-state index contributed by atoms with van der Waals surface area (Å²) in [5, 5.41) is 4.79. The van der Waals surface area contributed by atoms with Gasteiger partial charge in [-0.25, -0.2) is 8.78 Å². The highest BCUT2D eigenvalue weighted by Gasteiger charge is 2.29. The van der Waals surface area contributed by atoms with Crippen molar-refractivity contribution < 1.29 is 23.2 Å². The van der Waals surface area contributed by atoms with Crippen molar-refractivity contribution in [1.82, 2.24) is 10.2 Å². The molecule has 3 aromatic carbocycles. The molecule has 1 aliphatic rings. The summed E-state index contributed by atoms with van der Waals surface area (Å²) in [5.74, 6) is -2.62. The lowest BCUT2D eigenvalue weighted by Crippen LogP contribution is -2.41. The van der Waals surface area contributed by atoms with Crippen LogP contribution >= 0.6 is 0 Å². The maximum atomic E-state index is 13.9. The van der Waals surface area contributed by atoms with Gasteiger partial charge in [0.2, 0.25) is 5.91 Å². The van der Waals surface area contributed by atoms with Crippen molar-refractivity contribution in [2.75, 3.05) is 19.6 Å². The standard InChI is InChI=1S/C26H24F2N2O3/c27-21-7-8-23(28)22(16-21)25(32)18-10-13-30(14-11-18)24(31)9-12-29-26(33)20-6-5-17-3-1-2-4-19(17)15-20/h1-8,15-16,18H,9-14H2,(H,29,33). The molecule has 4 rings (SSSR count). The van der Waals surface area contributed by atoms with E-state index in [9.17, 15) is 23.2 Å². The van der Waals surface area contributed by atoms with E-state index in [0.717, 1.165) is 29.0 Å². The molecule has 0 bridgehead atoms. The molecule has 0 aliphatic carbocycles. The lowest BCUT2D eigenvalue weighted by atomic mass is 9.88. The molecule has 7 heteroatoms. The van der Waals surface area contributed by atoms with Crippen LogP contribution in [0.3, 0.4) is 0 Å². The number of likely N-dealkylation sites (tertiary alicyclic amines) is 1. The van der Waals surface area contributed by atoms with E-state index < -0.39 is 23.3 Å². The van der Waals surface area contributed by atoms with Gasteiger partial charge in [0.1, 0.15) is 11.6 Å². The number of nitrogens with zero attached hydrogens (tertiary/aromatic N) is 1. The number of rotatable bonds is 6. The highest BCUT2D eigenvalue weighted by molar-refractivity contribution is 5.99. The molecule has 33 heavy (non-hydrogen) atoms. The summed E-state index contributed by atoms with van der Waals surface area (Å²) in [4.78, 5) is 39.1. The maximum Gasteiger partial charge on any atom is 0.251 e. The van der Waals surface area contributed by atoms with Crippen LogP contribution in [0.4, 0.5) is 8.78 Å². The summed E-state index contributed by atoms with van der Waals surface area (Å²) in [6.07, 6.45) is 0.935. The molecule has 0 spiro atoms. The number of carbonyl (C=O) groups excluding carboxylic acids is 3. The minimum absolute atomic E-state index is 0.114. The fourth-order valence-electron chi connectivity index (χ4n) is 4.17. The van der Waals surface area contributed by atoms with Crippen molar-refractivity contribution in [3.63, 3.8) is 0 Å². The number of ketones is 1. The van der Waals surface area contributed by atoms with Crippen LogP contribution < -0.4 is 5.32 Å². The fourth-order valence-corrected chi connectivity index (χ4v) is 4.17. The van der Waals surface area contributed by atoms with Crippen LogP contribution in [0, 0.1) is 17.6 Å². The van der Waals surface area contributed by atoms with Crippen LogP contribution in [0.5, 0.6) is 0 Å². The summed E-state index contributed by atoms with van der Waals surface area (Å²) in [6.45, 7) is 0.938. The molecule has 0 radical (unpaired) electrons. The largest absolute Gasteiger partial charge is 0.352 e. The highest BCUT2D eigenvalue weighted by Crippen LogP contribution is 2.24. The minimum atomic E-state index is -0.734. The van der Waals surface area contributed by atoms with Crippen molar-refractivity contribution in [3.05, 3.63) is 83.4 Å². The molecular formula is C26H24F2N2O3. The normalized spacial score (nSPS) is 14.3. The minimum Gasteiger partial charge on any atom is -0.352 e. The Morgan fingerprint density at radius 1 is 0.909 bits per heavy atom. The molecule has 1 fully saturated rings. The SMILES string of the molecule is O=C(NCCC(=O)N1CCC(C(=O)c2cc(F)ccc2F)CC1)c1ccc2ccccc2c1. The third kappa shape index (κ3) is 5.25. The Morgan fingerprint density at radius 2 is 1.64 bits per heavy atom. The highest BCUT2D eigenvalue weighted by atomic mass is 19.1. The molecule has 0 saturated carbocycles. The summed E-state index contributed by atoms with van der Waals surface area (Å²) in [5.41, 5.74) is 0.293. The van der Waals surface area contributed by atoms with E-state index in [1.54, 1.807) is 11.0 Å². The molecule has 1 saturated heterocycles. The van der Waals surface area contributed by atoms with E-state index in [-0.39, 0.29) is 30.3 Å². The summed E-state index contributed by atoms with van der Waals surface area (Å²) in [7, 11) is 0. The quantitative estimate of drug-likeness (QED) is 0.568. The predicted molar refractivity (Wildman–Crippen MR) is 121 cm³/mol. The summed E-state index contributed by atoms with van der Waals surface area (Å²) >= 11 is 0. The van der Waals surface area contributed by atoms with Gasteiger partial charge in [-0.3, -0.25) is 14.4 Å². The number of Topliss-reactive ketones (excluding diaryl/α,β-unsaturated/α-hetero) is 1. The van der Waals surface area contributed by atoms with Crippen LogP contribution in [0.1, 0.15) is 40.0 Å². The number of piperidine rings is 1. The second-order valence-corrected chi connectivity index (χ2v) is 8.21. The molecule has 3 aromatic rings. The van der Waals surface area contributed by atoms with E-state index in [1.807, 2.05) is 36.4 Å². The average molecular weight is 450 g/mol. The van der Waals surface area contributed by atoms with Gasteiger partial charge in [0, 0.05) is 37.5 Å². The number of nitrogens with one attached hydrogen (secondary N) is 1. The van der Waals surface area contributed by atoms with Crippen molar-refractivity contribution in [1.29, 1.82) is 0 Å². The van der Waals surface area contributed by atoms with Gasteiger partial charge >= 0.3 is 0 Å². The van der Waals surface area contributed by atoms with Gasteiger partial charge in [-0.1, -0.05) is 30.3 Å². The summed E-state index contributed by atoms with van der Waals surface area (Å²) < 4.78 is 27.3. The fraction of sp³-hybridized carbons (Fsp3) is 0.269. The molecule has 5 nitrogen and oxygen atoms in total. The van der Waals surface area contributed by atoms with Crippen molar-refractivity contribution in [2.24, 2.45) is 5.92 Å². The number of carbonyl (C=O) groups is 3. The molecular weight excluding hydrogens is 426 g/mol. The smallest absolute Gasteiger partial charge is 0.251 e. The zero-order chi connectivity index (χ0) is 23.4. The van der Waals surface area contributed by atoms with Gasteiger partial charge in [-0.15, -0.1) is 0 Å². The molecule has 0 atom stereocenters. The van der Waals surface area contributed by atoms with Crippen molar-refractivity contribution in [3.8, 4) is 0 Å². The first-order valence-corrected chi connectivity index (χ1v) is 11.0. The first kappa shape index (κ1) is 22.6. The molecule has 2 amide bonds. The van der Waals surface area contributed by atoms with Gasteiger partial charge in [-0.05, 0) is 53.9 Å². The zero-order valence-corrected chi connectivity index (χ0v) is 18.0. The van der Waals surface area contributed by atoms with Gasteiger partial charge in [0.25, 0.3) is 5.91 Å². The van der Waals surface area contributed by atoms with E-state index >= 15 is 0 Å². The molecule has 1 N–H and O–H groups in total. The molecule has 1 aliphatic heterocycles. The molecule has 0 aromatic heterocycles. The van der Waals surface area contributed by atoms with Gasteiger partial charge in [0.05, 0.1) is 5.56 Å². The number of fused-ring (bicyclic) bond motifs is 1. The molecule has 1 heterocycles. The first-order chi connectivity index (χ1) is 15.9. The maximum absolute atomic E-state index is 13.9. The predicted octanol–water partition coefficient (Wildman–Crippen LogP) is 4.36.